The van der Waals surface area contributed by atoms with Gasteiger partial charge in [0.2, 0.25) is 0 Å². The van der Waals surface area contributed by atoms with Crippen LogP contribution in [-0.2, 0) is 16.0 Å². The molecule has 0 bridgehead atoms. The van der Waals surface area contributed by atoms with Crippen LogP contribution in [0.2, 0.25) is 0 Å². The van der Waals surface area contributed by atoms with Gasteiger partial charge in [0.1, 0.15) is 0 Å². The van der Waals surface area contributed by atoms with E-state index in [1.54, 1.807) is 11.3 Å². The van der Waals surface area contributed by atoms with Crippen molar-refractivity contribution in [3.63, 3.8) is 0 Å². The van der Waals surface area contributed by atoms with Crippen molar-refractivity contribution in [1.29, 1.82) is 0 Å². The number of rotatable bonds is 5. The van der Waals surface area contributed by atoms with Gasteiger partial charge in [-0.1, -0.05) is 6.07 Å². The third-order valence-corrected chi connectivity index (χ3v) is 2.49. The molecule has 0 saturated carbocycles. The number of hydrogen-bond donors (Lipinski definition) is 1. The van der Waals surface area contributed by atoms with Gasteiger partial charge in [-0.15, -0.1) is 11.3 Å². The van der Waals surface area contributed by atoms with Gasteiger partial charge in [0.05, 0.1) is 18.4 Å². The monoisotopic (exact) mass is 212 g/mol. The van der Waals surface area contributed by atoms with Crippen molar-refractivity contribution < 1.29 is 14.6 Å². The zero-order chi connectivity index (χ0) is 10.4. The number of aliphatic carboxylic acids is 1. The van der Waals surface area contributed by atoms with Crippen LogP contribution in [0.1, 0.15) is 11.8 Å². The third kappa shape index (κ3) is 3.22. The van der Waals surface area contributed by atoms with Gasteiger partial charge in [-0.05, 0) is 18.4 Å². The normalized spacial score (nSPS) is 11.4. The van der Waals surface area contributed by atoms with Crippen molar-refractivity contribution in [2.24, 2.45) is 0 Å². The fourth-order valence-corrected chi connectivity index (χ4v) is 1.68. The van der Waals surface area contributed by atoms with Crippen molar-refractivity contribution in [1.82, 2.24) is 0 Å². The first kappa shape index (κ1) is 10.8. The number of thiophene rings is 1. The average Bonchev–Trinajstić information content (AvgIpc) is 2.64. The van der Waals surface area contributed by atoms with E-state index in [-0.39, 0.29) is 5.57 Å². The molecule has 0 aliphatic carbocycles. The van der Waals surface area contributed by atoms with E-state index in [4.69, 9.17) is 9.84 Å². The Hall–Kier alpha value is -1.29. The van der Waals surface area contributed by atoms with Crippen LogP contribution in [0, 0.1) is 0 Å². The molecule has 0 fully saturated rings. The quantitative estimate of drug-likeness (QED) is 0.601. The number of carboxylic acid groups (broad SMARTS) is 1. The first-order valence-electron chi connectivity index (χ1n) is 4.30. The van der Waals surface area contributed by atoms with Crippen LogP contribution in [-0.4, -0.2) is 17.7 Å². The zero-order valence-electron chi connectivity index (χ0n) is 7.90. The molecule has 76 valence electrons. The maximum Gasteiger partial charge on any atom is 0.335 e. The van der Waals surface area contributed by atoms with Gasteiger partial charge in [0, 0.05) is 11.3 Å². The summed E-state index contributed by atoms with van der Waals surface area (Å²) in [6.07, 6.45) is 1.75. The van der Waals surface area contributed by atoms with Crippen LogP contribution in [0.25, 0.3) is 0 Å². The molecule has 1 N–H and O–H groups in total. The molecule has 0 aliphatic heterocycles. The highest BCUT2D eigenvalue weighted by Crippen LogP contribution is 2.14. The smallest absolute Gasteiger partial charge is 0.335 e. The molecule has 0 aliphatic rings. The van der Waals surface area contributed by atoms with E-state index in [1.165, 1.54) is 6.26 Å². The molecule has 0 aromatic carbocycles. The molecule has 1 heterocycles. The molecule has 0 atom stereocenters. The van der Waals surface area contributed by atoms with Gasteiger partial charge >= 0.3 is 5.97 Å². The molecule has 1 aromatic heterocycles. The highest BCUT2D eigenvalue weighted by molar-refractivity contribution is 7.09. The standard InChI is InChI=1S/C10H12O3S/c1-2-13-7-8(10(11)12)6-9-4-3-5-14-9/h3-5,7H,2,6H2,1H3,(H,11,12)/b8-7-. The van der Waals surface area contributed by atoms with Crippen LogP contribution >= 0.6 is 11.3 Å². The molecular weight excluding hydrogens is 200 g/mol. The van der Waals surface area contributed by atoms with Gasteiger partial charge < -0.3 is 9.84 Å². The molecule has 0 radical (unpaired) electrons. The van der Waals surface area contributed by atoms with Crippen molar-refractivity contribution in [2.75, 3.05) is 6.61 Å². The lowest BCUT2D eigenvalue weighted by molar-refractivity contribution is -0.132. The maximum atomic E-state index is 10.8. The molecule has 4 heteroatoms. The Morgan fingerprint density at radius 1 is 1.71 bits per heavy atom. The summed E-state index contributed by atoms with van der Waals surface area (Å²) < 4.78 is 4.97. The van der Waals surface area contributed by atoms with Crippen LogP contribution in [0.15, 0.2) is 29.3 Å². The van der Waals surface area contributed by atoms with E-state index in [1.807, 2.05) is 24.4 Å². The summed E-state index contributed by atoms with van der Waals surface area (Å²) in [6, 6.07) is 3.81. The Labute approximate surface area is 86.6 Å². The van der Waals surface area contributed by atoms with E-state index < -0.39 is 5.97 Å². The first-order chi connectivity index (χ1) is 6.74. The molecule has 0 unspecified atom stereocenters. The summed E-state index contributed by atoms with van der Waals surface area (Å²) in [7, 11) is 0. The third-order valence-electron chi connectivity index (χ3n) is 1.61. The Kier molecular flexibility index (Phi) is 4.19. The maximum absolute atomic E-state index is 10.8. The number of carboxylic acids is 1. The van der Waals surface area contributed by atoms with Crippen molar-refractivity contribution in [3.05, 3.63) is 34.2 Å². The predicted molar refractivity (Wildman–Crippen MR) is 55.4 cm³/mol. The van der Waals surface area contributed by atoms with Crippen molar-refractivity contribution in [3.8, 4) is 0 Å². The van der Waals surface area contributed by atoms with Crippen LogP contribution in [0.5, 0.6) is 0 Å². The van der Waals surface area contributed by atoms with Gasteiger partial charge in [0.15, 0.2) is 0 Å². The Morgan fingerprint density at radius 3 is 3.00 bits per heavy atom. The van der Waals surface area contributed by atoms with Crippen molar-refractivity contribution >= 4 is 17.3 Å². The van der Waals surface area contributed by atoms with Gasteiger partial charge in [-0.3, -0.25) is 0 Å². The lowest BCUT2D eigenvalue weighted by atomic mass is 10.2. The fraction of sp³-hybridized carbons (Fsp3) is 0.300. The second-order valence-corrected chi connectivity index (χ2v) is 3.69. The molecule has 3 nitrogen and oxygen atoms in total. The minimum Gasteiger partial charge on any atom is -0.501 e. The highest BCUT2D eigenvalue weighted by Gasteiger charge is 2.09. The lowest BCUT2D eigenvalue weighted by Crippen LogP contribution is -2.04. The number of hydrogen-bond acceptors (Lipinski definition) is 3. The number of ether oxygens (including phenoxy) is 1. The summed E-state index contributed by atoms with van der Waals surface area (Å²) in [5, 5.41) is 10.8. The van der Waals surface area contributed by atoms with Gasteiger partial charge in [0.25, 0.3) is 0 Å². The SMILES string of the molecule is CCO/C=C(/Cc1cccs1)C(=O)O. The zero-order valence-corrected chi connectivity index (χ0v) is 8.71. The second kappa shape index (κ2) is 5.44. The van der Waals surface area contributed by atoms with Crippen LogP contribution in [0.3, 0.4) is 0 Å². The van der Waals surface area contributed by atoms with E-state index >= 15 is 0 Å². The van der Waals surface area contributed by atoms with Crippen LogP contribution in [0.4, 0.5) is 0 Å². The summed E-state index contributed by atoms with van der Waals surface area (Å²) in [6.45, 7) is 2.31. The van der Waals surface area contributed by atoms with Crippen LogP contribution < -0.4 is 0 Å². The molecule has 14 heavy (non-hydrogen) atoms. The topological polar surface area (TPSA) is 46.5 Å². The van der Waals surface area contributed by atoms with E-state index in [0.29, 0.717) is 13.0 Å². The Bertz CT molecular complexity index is 314. The summed E-state index contributed by atoms with van der Waals surface area (Å²) in [5.74, 6) is -0.924. The second-order valence-electron chi connectivity index (χ2n) is 2.66. The molecular formula is C10H12O3S. The lowest BCUT2D eigenvalue weighted by Gasteiger charge is -2.00. The molecule has 0 saturated heterocycles. The Balaban J connectivity index is 2.65. The van der Waals surface area contributed by atoms with Gasteiger partial charge in [-0.2, -0.15) is 0 Å². The predicted octanol–water partition coefficient (Wildman–Crippen LogP) is 2.30. The highest BCUT2D eigenvalue weighted by atomic mass is 32.1. The minimum absolute atomic E-state index is 0.286. The summed E-state index contributed by atoms with van der Waals surface area (Å²) in [4.78, 5) is 11.8. The largest absolute Gasteiger partial charge is 0.501 e. The first-order valence-corrected chi connectivity index (χ1v) is 5.18. The molecule has 0 amide bonds. The fourth-order valence-electron chi connectivity index (χ4n) is 0.952. The van der Waals surface area contributed by atoms with E-state index in [9.17, 15) is 4.79 Å². The van der Waals surface area contributed by atoms with Crippen molar-refractivity contribution in [2.45, 2.75) is 13.3 Å². The average molecular weight is 212 g/mol. The number of carbonyl (C=O) groups is 1. The van der Waals surface area contributed by atoms with E-state index in [2.05, 4.69) is 0 Å². The molecule has 0 spiro atoms. The Morgan fingerprint density at radius 2 is 2.50 bits per heavy atom. The molecule has 1 aromatic rings. The summed E-state index contributed by atoms with van der Waals surface area (Å²) in [5.41, 5.74) is 0.286. The van der Waals surface area contributed by atoms with Gasteiger partial charge in [-0.25, -0.2) is 4.79 Å². The molecule has 1 rings (SSSR count). The summed E-state index contributed by atoms with van der Waals surface area (Å²) >= 11 is 1.54. The minimum atomic E-state index is -0.924. The van der Waals surface area contributed by atoms with E-state index in [0.717, 1.165) is 4.88 Å².